The highest BCUT2D eigenvalue weighted by atomic mass is 16.5. The van der Waals surface area contributed by atoms with E-state index in [0.717, 1.165) is 12.0 Å². The number of ether oxygens (including phenoxy) is 2. The molecular formula is C22H28N2O4. The Morgan fingerprint density at radius 2 is 1.68 bits per heavy atom. The quantitative estimate of drug-likeness (QED) is 0.696. The number of amides is 2. The molecule has 0 unspecified atom stereocenters. The summed E-state index contributed by atoms with van der Waals surface area (Å²) in [7, 11) is 3.14. The van der Waals surface area contributed by atoms with E-state index in [4.69, 9.17) is 9.47 Å². The van der Waals surface area contributed by atoms with Crippen molar-refractivity contribution in [2.24, 2.45) is 5.92 Å². The Labute approximate surface area is 166 Å². The molecule has 0 bridgehead atoms. The second-order valence-electron chi connectivity index (χ2n) is 6.61. The molecule has 2 aromatic carbocycles. The summed E-state index contributed by atoms with van der Waals surface area (Å²) < 4.78 is 10.5. The summed E-state index contributed by atoms with van der Waals surface area (Å²) in [5.41, 5.74) is 1.41. The van der Waals surface area contributed by atoms with Gasteiger partial charge in [-0.05, 0) is 35.7 Å². The first kappa shape index (κ1) is 21.3. The van der Waals surface area contributed by atoms with Gasteiger partial charge in [-0.3, -0.25) is 9.59 Å². The maximum Gasteiger partial charge on any atom is 0.251 e. The van der Waals surface area contributed by atoms with Gasteiger partial charge in [-0.15, -0.1) is 0 Å². The maximum absolute atomic E-state index is 12.8. The van der Waals surface area contributed by atoms with Crippen molar-refractivity contribution in [3.05, 3.63) is 59.7 Å². The minimum absolute atomic E-state index is 0.00179. The fourth-order valence-electron chi connectivity index (χ4n) is 2.81. The van der Waals surface area contributed by atoms with E-state index >= 15 is 0 Å². The first-order valence-electron chi connectivity index (χ1n) is 9.34. The zero-order valence-electron chi connectivity index (χ0n) is 16.8. The van der Waals surface area contributed by atoms with Gasteiger partial charge in [-0.25, -0.2) is 0 Å². The van der Waals surface area contributed by atoms with Crippen LogP contribution in [-0.2, 0) is 11.3 Å². The molecule has 0 aliphatic carbocycles. The molecule has 6 nitrogen and oxygen atoms in total. The smallest absolute Gasteiger partial charge is 0.251 e. The van der Waals surface area contributed by atoms with Crippen LogP contribution >= 0.6 is 0 Å². The van der Waals surface area contributed by atoms with Gasteiger partial charge < -0.3 is 20.1 Å². The topological polar surface area (TPSA) is 76.7 Å². The van der Waals surface area contributed by atoms with Crippen molar-refractivity contribution in [3.8, 4) is 11.5 Å². The van der Waals surface area contributed by atoms with E-state index in [0.29, 0.717) is 23.6 Å². The Morgan fingerprint density at radius 3 is 2.29 bits per heavy atom. The van der Waals surface area contributed by atoms with Crippen LogP contribution in [-0.4, -0.2) is 32.1 Å². The summed E-state index contributed by atoms with van der Waals surface area (Å²) in [5, 5.41) is 5.78. The normalized spacial score (nSPS) is 12.6. The highest BCUT2D eigenvalue weighted by Crippen LogP contribution is 2.27. The fraction of sp³-hybridized carbons (Fsp3) is 0.364. The van der Waals surface area contributed by atoms with Crippen LogP contribution in [0.5, 0.6) is 11.5 Å². The van der Waals surface area contributed by atoms with E-state index in [1.54, 1.807) is 44.6 Å². The molecule has 2 amide bonds. The van der Waals surface area contributed by atoms with E-state index in [1.807, 2.05) is 32.0 Å². The Bertz CT molecular complexity index is 792. The first-order valence-corrected chi connectivity index (χ1v) is 9.34. The van der Waals surface area contributed by atoms with Crippen LogP contribution in [0.25, 0.3) is 0 Å². The van der Waals surface area contributed by atoms with Crippen molar-refractivity contribution in [2.75, 3.05) is 14.2 Å². The van der Waals surface area contributed by atoms with Gasteiger partial charge in [-0.1, -0.05) is 44.5 Å². The second-order valence-corrected chi connectivity index (χ2v) is 6.61. The predicted octanol–water partition coefficient (Wildman–Crippen LogP) is 3.16. The van der Waals surface area contributed by atoms with Crippen LogP contribution in [0.1, 0.15) is 36.2 Å². The van der Waals surface area contributed by atoms with E-state index in [2.05, 4.69) is 10.6 Å². The monoisotopic (exact) mass is 384 g/mol. The number of rotatable bonds is 9. The van der Waals surface area contributed by atoms with Crippen LogP contribution in [0.2, 0.25) is 0 Å². The van der Waals surface area contributed by atoms with Gasteiger partial charge in [0.25, 0.3) is 5.91 Å². The lowest BCUT2D eigenvalue weighted by Gasteiger charge is -2.23. The summed E-state index contributed by atoms with van der Waals surface area (Å²) in [6, 6.07) is 13.8. The summed E-state index contributed by atoms with van der Waals surface area (Å²) in [5.74, 6) is 0.758. The molecule has 28 heavy (non-hydrogen) atoms. The highest BCUT2D eigenvalue weighted by Gasteiger charge is 2.26. The molecule has 0 spiro atoms. The third kappa shape index (κ3) is 5.49. The molecule has 0 heterocycles. The van der Waals surface area contributed by atoms with Crippen molar-refractivity contribution >= 4 is 11.8 Å². The van der Waals surface area contributed by atoms with Gasteiger partial charge in [0.1, 0.15) is 6.04 Å². The summed E-state index contributed by atoms with van der Waals surface area (Å²) >= 11 is 0. The SMILES string of the molecule is CC[C@H](C)[C@H](NC(=O)c1ccccc1)C(=O)NCc1ccc(OC)c(OC)c1. The number of methoxy groups -OCH3 is 2. The van der Waals surface area contributed by atoms with Gasteiger partial charge in [-0.2, -0.15) is 0 Å². The molecular weight excluding hydrogens is 356 g/mol. The highest BCUT2D eigenvalue weighted by molar-refractivity contribution is 5.97. The van der Waals surface area contributed by atoms with E-state index in [1.165, 1.54) is 0 Å². The van der Waals surface area contributed by atoms with Crippen molar-refractivity contribution in [1.82, 2.24) is 10.6 Å². The number of hydrogen-bond donors (Lipinski definition) is 2. The van der Waals surface area contributed by atoms with Crippen LogP contribution in [0.3, 0.4) is 0 Å². The molecule has 2 N–H and O–H groups in total. The lowest BCUT2D eigenvalue weighted by atomic mass is 9.97. The second kappa shape index (κ2) is 10.3. The number of hydrogen-bond acceptors (Lipinski definition) is 4. The van der Waals surface area contributed by atoms with Gasteiger partial charge in [0.2, 0.25) is 5.91 Å². The molecule has 0 fully saturated rings. The van der Waals surface area contributed by atoms with Crippen molar-refractivity contribution < 1.29 is 19.1 Å². The number of nitrogens with one attached hydrogen (secondary N) is 2. The van der Waals surface area contributed by atoms with Crippen molar-refractivity contribution in [2.45, 2.75) is 32.9 Å². The van der Waals surface area contributed by atoms with Gasteiger partial charge in [0, 0.05) is 12.1 Å². The lowest BCUT2D eigenvalue weighted by molar-refractivity contribution is -0.124. The maximum atomic E-state index is 12.8. The van der Waals surface area contributed by atoms with Crippen LogP contribution < -0.4 is 20.1 Å². The third-order valence-corrected chi connectivity index (χ3v) is 4.73. The molecule has 0 radical (unpaired) electrons. The molecule has 0 aromatic heterocycles. The Kier molecular flexibility index (Phi) is 7.87. The van der Waals surface area contributed by atoms with Crippen LogP contribution in [0.15, 0.2) is 48.5 Å². The van der Waals surface area contributed by atoms with Gasteiger partial charge >= 0.3 is 0 Å². The average Bonchev–Trinajstić information content (AvgIpc) is 2.75. The molecule has 6 heteroatoms. The average molecular weight is 384 g/mol. The summed E-state index contributed by atoms with van der Waals surface area (Å²) in [4.78, 5) is 25.3. The molecule has 2 atom stereocenters. The van der Waals surface area contributed by atoms with Crippen molar-refractivity contribution in [1.29, 1.82) is 0 Å². The van der Waals surface area contributed by atoms with E-state index in [-0.39, 0.29) is 17.7 Å². The predicted molar refractivity (Wildman–Crippen MR) is 109 cm³/mol. The standard InChI is InChI=1S/C22H28N2O4/c1-5-15(2)20(24-21(25)17-9-7-6-8-10-17)22(26)23-14-16-11-12-18(27-3)19(13-16)28-4/h6-13,15,20H,5,14H2,1-4H3,(H,23,26)(H,24,25)/t15-,20-/m0/s1. The fourth-order valence-corrected chi connectivity index (χ4v) is 2.81. The van der Waals surface area contributed by atoms with Gasteiger partial charge in [0.05, 0.1) is 14.2 Å². The van der Waals surface area contributed by atoms with Gasteiger partial charge in [0.15, 0.2) is 11.5 Å². The minimum Gasteiger partial charge on any atom is -0.493 e. The molecule has 2 rings (SSSR count). The molecule has 0 aliphatic heterocycles. The number of carbonyl (C=O) groups excluding carboxylic acids is 2. The molecule has 2 aromatic rings. The zero-order chi connectivity index (χ0) is 20.5. The third-order valence-electron chi connectivity index (χ3n) is 4.73. The number of benzene rings is 2. The Hall–Kier alpha value is -3.02. The zero-order valence-corrected chi connectivity index (χ0v) is 16.8. The molecule has 0 aliphatic rings. The lowest BCUT2D eigenvalue weighted by Crippen LogP contribution is -2.50. The Morgan fingerprint density at radius 1 is 1.00 bits per heavy atom. The number of carbonyl (C=O) groups is 2. The van der Waals surface area contributed by atoms with Crippen molar-refractivity contribution in [3.63, 3.8) is 0 Å². The minimum atomic E-state index is -0.613. The van der Waals surface area contributed by atoms with E-state index < -0.39 is 6.04 Å². The van der Waals surface area contributed by atoms with Crippen LogP contribution in [0.4, 0.5) is 0 Å². The largest absolute Gasteiger partial charge is 0.493 e. The first-order chi connectivity index (χ1) is 13.5. The van der Waals surface area contributed by atoms with Crippen LogP contribution in [0, 0.1) is 5.92 Å². The summed E-state index contributed by atoms with van der Waals surface area (Å²) in [6.45, 7) is 4.27. The molecule has 0 saturated carbocycles. The summed E-state index contributed by atoms with van der Waals surface area (Å²) in [6.07, 6.45) is 0.767. The van der Waals surface area contributed by atoms with E-state index in [9.17, 15) is 9.59 Å². The molecule has 0 saturated heterocycles. The Balaban J connectivity index is 2.06. The molecule has 150 valence electrons.